The van der Waals surface area contributed by atoms with E-state index in [-0.39, 0.29) is 36.6 Å². The molecule has 8 nitrogen and oxygen atoms in total. The van der Waals surface area contributed by atoms with Crippen LogP contribution in [0.4, 0.5) is 4.79 Å². The fraction of sp³-hybridized carbons (Fsp3) is 0.333. The molecule has 0 atom stereocenters. The Morgan fingerprint density at radius 1 is 1.31 bits per heavy atom. The van der Waals surface area contributed by atoms with Crippen LogP contribution in [0.2, 0.25) is 0 Å². The van der Waals surface area contributed by atoms with Gasteiger partial charge in [-0.15, -0.1) is 11.3 Å². The molecule has 0 radical (unpaired) electrons. The molecule has 2 heterocycles. The van der Waals surface area contributed by atoms with Crippen LogP contribution in [0, 0.1) is 10.9 Å². The van der Waals surface area contributed by atoms with Crippen molar-refractivity contribution in [1.82, 2.24) is 15.2 Å². The van der Waals surface area contributed by atoms with E-state index >= 15 is 0 Å². The lowest BCUT2D eigenvalue weighted by molar-refractivity contribution is -0.124. The zero-order chi connectivity index (χ0) is 23.3. The number of aromatic nitrogens is 1. The summed E-state index contributed by atoms with van der Waals surface area (Å²) < 4.78 is 11.4. The van der Waals surface area contributed by atoms with E-state index in [0.29, 0.717) is 32.5 Å². The van der Waals surface area contributed by atoms with E-state index in [1.165, 1.54) is 18.4 Å². The third kappa shape index (κ3) is 5.78. The second-order valence-corrected chi connectivity index (χ2v) is 9.53. The highest BCUT2D eigenvalue weighted by Crippen LogP contribution is 2.34. The lowest BCUT2D eigenvalue weighted by atomic mass is 10.2. The quantitative estimate of drug-likeness (QED) is 0.403. The predicted molar refractivity (Wildman–Crippen MR) is 128 cm³/mol. The van der Waals surface area contributed by atoms with Gasteiger partial charge in [0.25, 0.3) is 11.1 Å². The minimum atomic E-state index is -0.387. The minimum Gasteiger partial charge on any atom is -0.493 e. The maximum absolute atomic E-state index is 12.7. The number of carbonyl (C=O) groups is 3. The Morgan fingerprint density at radius 3 is 2.75 bits per heavy atom. The van der Waals surface area contributed by atoms with Gasteiger partial charge in [-0.05, 0) is 61.6 Å². The van der Waals surface area contributed by atoms with Crippen LogP contribution in [0.3, 0.4) is 0 Å². The lowest BCUT2D eigenvalue weighted by Gasteiger charge is -2.13. The molecule has 1 fully saturated rings. The van der Waals surface area contributed by atoms with Gasteiger partial charge >= 0.3 is 0 Å². The van der Waals surface area contributed by atoms with Crippen molar-refractivity contribution in [1.29, 1.82) is 0 Å². The van der Waals surface area contributed by atoms with Gasteiger partial charge in [0, 0.05) is 23.7 Å². The molecule has 1 saturated heterocycles. The Hall–Kier alpha value is -2.63. The Labute approximate surface area is 199 Å². The molecule has 1 aliphatic heterocycles. The number of aromatic amines is 1. The van der Waals surface area contributed by atoms with Gasteiger partial charge in [-0.3, -0.25) is 19.3 Å². The molecular weight excluding hydrogens is 470 g/mol. The van der Waals surface area contributed by atoms with Crippen LogP contribution in [0.1, 0.15) is 23.1 Å². The Morgan fingerprint density at radius 2 is 2.09 bits per heavy atom. The number of rotatable bonds is 9. The molecule has 1 aliphatic rings. The highest BCUT2D eigenvalue weighted by atomic mass is 32.2. The van der Waals surface area contributed by atoms with Crippen molar-refractivity contribution >= 4 is 58.4 Å². The molecular formula is C21H23N3O5S3. The standard InChI is InChI=1S/C21H23N3O5S3/c1-4-29-14-6-5-13(9-15(14)28-3)10-17-19(26)24(21(27)32-17)8-7-22-18(25)11-16-12(2)23-20(30)31-16/h5-6,9-10H,4,7-8,11H2,1-3H3,(H,22,25)(H,23,30)/b17-10-. The average molecular weight is 494 g/mol. The molecule has 0 saturated carbocycles. The number of amides is 3. The van der Waals surface area contributed by atoms with E-state index in [1.807, 2.05) is 13.8 Å². The lowest BCUT2D eigenvalue weighted by Crippen LogP contribution is -2.37. The van der Waals surface area contributed by atoms with Crippen LogP contribution in [0.25, 0.3) is 6.08 Å². The fourth-order valence-corrected chi connectivity index (χ4v) is 5.17. The first-order valence-corrected chi connectivity index (χ1v) is 11.9. The van der Waals surface area contributed by atoms with Gasteiger partial charge in [-0.2, -0.15) is 0 Å². The molecule has 0 bridgehead atoms. The number of thioether (sulfide) groups is 1. The zero-order valence-electron chi connectivity index (χ0n) is 17.9. The van der Waals surface area contributed by atoms with E-state index in [1.54, 1.807) is 24.3 Å². The number of ether oxygens (including phenoxy) is 2. The zero-order valence-corrected chi connectivity index (χ0v) is 20.3. The summed E-state index contributed by atoms with van der Waals surface area (Å²) in [4.78, 5) is 42.5. The molecule has 2 N–H and O–H groups in total. The largest absolute Gasteiger partial charge is 0.493 e. The number of H-pyrrole nitrogens is 1. The van der Waals surface area contributed by atoms with Crippen molar-refractivity contribution in [2.24, 2.45) is 0 Å². The van der Waals surface area contributed by atoms with Crippen molar-refractivity contribution in [2.75, 3.05) is 26.8 Å². The highest BCUT2D eigenvalue weighted by Gasteiger charge is 2.34. The Balaban J connectivity index is 1.59. The van der Waals surface area contributed by atoms with Gasteiger partial charge in [0.15, 0.2) is 15.5 Å². The third-order valence-corrected chi connectivity index (χ3v) is 6.81. The summed E-state index contributed by atoms with van der Waals surface area (Å²) in [6.07, 6.45) is 1.84. The second kappa shape index (κ2) is 10.8. The number of aryl methyl sites for hydroxylation is 1. The van der Waals surface area contributed by atoms with Gasteiger partial charge in [0.1, 0.15) is 0 Å². The van der Waals surface area contributed by atoms with Gasteiger partial charge in [-0.25, -0.2) is 0 Å². The number of benzene rings is 1. The number of nitrogens with zero attached hydrogens (tertiary/aromatic N) is 1. The number of methoxy groups -OCH3 is 1. The first-order valence-electron chi connectivity index (χ1n) is 9.83. The molecule has 3 rings (SSSR count). The summed E-state index contributed by atoms with van der Waals surface area (Å²) >= 11 is 7.31. The van der Waals surface area contributed by atoms with Gasteiger partial charge in [0.05, 0.1) is 25.0 Å². The monoisotopic (exact) mass is 493 g/mol. The summed E-state index contributed by atoms with van der Waals surface area (Å²) in [5.41, 5.74) is 1.59. The number of imide groups is 1. The minimum absolute atomic E-state index is 0.0994. The summed E-state index contributed by atoms with van der Waals surface area (Å²) in [5.74, 6) is 0.573. The van der Waals surface area contributed by atoms with Gasteiger partial charge in [0.2, 0.25) is 5.91 Å². The number of hydrogen-bond acceptors (Lipinski definition) is 8. The summed E-state index contributed by atoms with van der Waals surface area (Å²) in [5, 5.41) is 2.38. The highest BCUT2D eigenvalue weighted by molar-refractivity contribution is 8.18. The first-order chi connectivity index (χ1) is 15.3. The summed E-state index contributed by atoms with van der Waals surface area (Å²) in [6.45, 7) is 4.52. The molecule has 1 aromatic heterocycles. The first kappa shape index (κ1) is 24.0. The number of thiazole rings is 1. The van der Waals surface area contributed by atoms with Crippen molar-refractivity contribution in [3.05, 3.63) is 43.2 Å². The van der Waals surface area contributed by atoms with Crippen LogP contribution in [-0.4, -0.2) is 53.7 Å². The molecule has 1 aromatic carbocycles. The molecule has 170 valence electrons. The van der Waals surface area contributed by atoms with Gasteiger partial charge < -0.3 is 19.8 Å². The molecule has 0 unspecified atom stereocenters. The van der Waals surface area contributed by atoms with Crippen LogP contribution in [-0.2, 0) is 16.0 Å². The van der Waals surface area contributed by atoms with Crippen LogP contribution >= 0.6 is 35.3 Å². The van der Waals surface area contributed by atoms with Crippen LogP contribution in [0.15, 0.2) is 23.1 Å². The molecule has 2 aromatic rings. The average Bonchev–Trinajstić information content (AvgIpc) is 3.20. The third-order valence-electron chi connectivity index (χ3n) is 4.56. The van der Waals surface area contributed by atoms with E-state index in [9.17, 15) is 14.4 Å². The van der Waals surface area contributed by atoms with Crippen LogP contribution < -0.4 is 14.8 Å². The van der Waals surface area contributed by atoms with Crippen molar-refractivity contribution in [3.8, 4) is 11.5 Å². The van der Waals surface area contributed by atoms with Crippen molar-refractivity contribution < 1.29 is 23.9 Å². The molecule has 0 spiro atoms. The summed E-state index contributed by atoms with van der Waals surface area (Å²) in [6, 6.07) is 5.30. The van der Waals surface area contributed by atoms with Gasteiger partial charge in [-0.1, -0.05) is 6.07 Å². The topological polar surface area (TPSA) is 101 Å². The molecule has 0 aliphatic carbocycles. The van der Waals surface area contributed by atoms with E-state index in [0.717, 1.165) is 27.2 Å². The maximum Gasteiger partial charge on any atom is 0.293 e. The van der Waals surface area contributed by atoms with Crippen LogP contribution in [0.5, 0.6) is 11.5 Å². The molecule has 32 heavy (non-hydrogen) atoms. The van der Waals surface area contributed by atoms with E-state index in [2.05, 4.69) is 10.3 Å². The predicted octanol–water partition coefficient (Wildman–Crippen LogP) is 3.92. The smallest absolute Gasteiger partial charge is 0.293 e. The van der Waals surface area contributed by atoms with E-state index in [4.69, 9.17) is 21.7 Å². The fourth-order valence-electron chi connectivity index (χ4n) is 3.01. The second-order valence-electron chi connectivity index (χ2n) is 6.77. The van der Waals surface area contributed by atoms with E-state index < -0.39 is 0 Å². The van der Waals surface area contributed by atoms with Crippen molar-refractivity contribution in [2.45, 2.75) is 20.3 Å². The number of carbonyl (C=O) groups excluding carboxylic acids is 3. The Bertz CT molecular complexity index is 1120. The summed E-state index contributed by atoms with van der Waals surface area (Å²) in [7, 11) is 1.54. The maximum atomic E-state index is 12.7. The molecule has 3 amide bonds. The number of nitrogens with one attached hydrogen (secondary N) is 2. The molecule has 11 heteroatoms. The Kier molecular flexibility index (Phi) is 8.10. The SMILES string of the molecule is CCOc1ccc(/C=C2\SC(=O)N(CCNC(=O)Cc3sc(=S)[nH]c3C)C2=O)cc1OC. The normalized spacial score (nSPS) is 14.8. The number of hydrogen-bond donors (Lipinski definition) is 2. The van der Waals surface area contributed by atoms with Crippen molar-refractivity contribution in [3.63, 3.8) is 0 Å².